The van der Waals surface area contributed by atoms with Crippen LogP contribution in [0.4, 0.5) is 5.69 Å². The van der Waals surface area contributed by atoms with Crippen LogP contribution in [0.3, 0.4) is 0 Å². The Morgan fingerprint density at radius 2 is 1.74 bits per heavy atom. The van der Waals surface area contributed by atoms with Crippen molar-refractivity contribution >= 4 is 17.5 Å². The molecule has 0 spiro atoms. The molecule has 0 radical (unpaired) electrons. The summed E-state index contributed by atoms with van der Waals surface area (Å²) >= 11 is 0. The van der Waals surface area contributed by atoms with Crippen LogP contribution in [-0.2, 0) is 4.79 Å². The number of hydrogen-bond acceptors (Lipinski definition) is 5. The van der Waals surface area contributed by atoms with Crippen LogP contribution in [-0.4, -0.2) is 45.4 Å². The van der Waals surface area contributed by atoms with Crippen molar-refractivity contribution < 1.29 is 24.9 Å². The molecule has 4 aliphatic rings. The summed E-state index contributed by atoms with van der Waals surface area (Å²) in [6.45, 7) is 6.82. The van der Waals surface area contributed by atoms with E-state index in [1.165, 1.54) is 0 Å². The number of rotatable bonds is 6. The minimum absolute atomic E-state index is 0.0613. The second-order valence-corrected chi connectivity index (χ2v) is 13.5. The van der Waals surface area contributed by atoms with Crippen molar-refractivity contribution in [3.05, 3.63) is 29.8 Å². The Hall–Kier alpha value is -1.96. The average molecular weight is 527 g/mol. The molecule has 210 valence electrons. The molecular formula is C31H46N2O5. The highest BCUT2D eigenvalue weighted by molar-refractivity contribution is 5.94. The van der Waals surface area contributed by atoms with Gasteiger partial charge in [-0.3, -0.25) is 9.59 Å². The van der Waals surface area contributed by atoms with Crippen LogP contribution in [0.15, 0.2) is 24.3 Å². The van der Waals surface area contributed by atoms with Crippen molar-refractivity contribution in [3.8, 4) is 0 Å². The summed E-state index contributed by atoms with van der Waals surface area (Å²) in [4.78, 5) is 24.0. The van der Waals surface area contributed by atoms with Crippen molar-refractivity contribution in [2.24, 2.45) is 52.1 Å². The third-order valence-electron chi connectivity index (χ3n) is 11.8. The van der Waals surface area contributed by atoms with E-state index in [1.807, 2.05) is 0 Å². The third-order valence-corrected chi connectivity index (χ3v) is 11.8. The first kappa shape index (κ1) is 27.6. The molecule has 11 atom stereocenters. The van der Waals surface area contributed by atoms with E-state index in [2.05, 4.69) is 26.1 Å². The van der Waals surface area contributed by atoms with Crippen molar-refractivity contribution in [1.82, 2.24) is 0 Å². The largest absolute Gasteiger partial charge is 0.393 e. The summed E-state index contributed by atoms with van der Waals surface area (Å²) in [6, 6.07) is 6.59. The Morgan fingerprint density at radius 3 is 2.42 bits per heavy atom. The number of carbonyl (C=O) groups excluding carboxylic acids is 2. The molecule has 0 saturated heterocycles. The second-order valence-electron chi connectivity index (χ2n) is 13.5. The second kappa shape index (κ2) is 10.2. The highest BCUT2D eigenvalue weighted by Gasteiger charge is 2.65. The summed E-state index contributed by atoms with van der Waals surface area (Å²) in [6.07, 6.45) is 6.16. The minimum atomic E-state index is -0.497. The Morgan fingerprint density at radius 1 is 1.03 bits per heavy atom. The molecule has 4 fully saturated rings. The minimum Gasteiger partial charge on any atom is -0.393 e. The zero-order valence-electron chi connectivity index (χ0n) is 23.1. The van der Waals surface area contributed by atoms with Gasteiger partial charge in [0, 0.05) is 17.7 Å². The summed E-state index contributed by atoms with van der Waals surface area (Å²) in [5.74, 6) is 1.10. The maximum absolute atomic E-state index is 12.7. The fourth-order valence-corrected chi connectivity index (χ4v) is 9.63. The predicted molar refractivity (Wildman–Crippen MR) is 146 cm³/mol. The molecular weight excluding hydrogens is 480 g/mol. The summed E-state index contributed by atoms with van der Waals surface area (Å²) in [5, 5.41) is 36.4. The van der Waals surface area contributed by atoms with Crippen molar-refractivity contribution in [1.29, 1.82) is 0 Å². The highest BCUT2D eigenvalue weighted by Crippen LogP contribution is 2.68. The van der Waals surface area contributed by atoms with Gasteiger partial charge in [0.1, 0.15) is 0 Å². The molecule has 7 nitrogen and oxygen atoms in total. The number of aliphatic hydroxyl groups excluding tert-OH is 3. The molecule has 1 aromatic carbocycles. The number of fused-ring (bicyclic) bond motifs is 5. The first-order valence-corrected chi connectivity index (χ1v) is 14.7. The number of amides is 2. The normalized spacial score (nSPS) is 42.9. The van der Waals surface area contributed by atoms with E-state index in [4.69, 9.17) is 5.73 Å². The van der Waals surface area contributed by atoms with Crippen LogP contribution in [0, 0.1) is 46.3 Å². The number of anilines is 1. The number of primary amides is 1. The quantitative estimate of drug-likeness (QED) is 0.381. The highest BCUT2D eigenvalue weighted by atomic mass is 16.3. The van der Waals surface area contributed by atoms with Gasteiger partial charge in [-0.05, 0) is 122 Å². The summed E-state index contributed by atoms with van der Waals surface area (Å²) in [7, 11) is 0. The Balaban J connectivity index is 1.25. The standard InChI is InChI=1S/C31H46N2O5/c1-17(4-11-27(37)33-20-7-5-18(6-8-20)29(32)38)22-9-10-23-28-24(16-26(36)31(22,23)3)30(2)13-12-21(34)14-19(30)15-25(28)35/h5-8,17,19,21-26,28,34-36H,4,9-16H2,1-3H3,(H2,32,38)(H,33,37)/t17-,19+,21-,22-,23+,24+,25-,26+,28+,30+,31-/m1/s1. The molecule has 38 heavy (non-hydrogen) atoms. The van der Waals surface area contributed by atoms with Gasteiger partial charge in [0.15, 0.2) is 0 Å². The van der Waals surface area contributed by atoms with Crippen LogP contribution in [0.1, 0.15) is 88.9 Å². The molecule has 0 heterocycles. The van der Waals surface area contributed by atoms with E-state index in [0.29, 0.717) is 29.5 Å². The van der Waals surface area contributed by atoms with Crippen molar-refractivity contribution in [3.63, 3.8) is 0 Å². The van der Waals surface area contributed by atoms with Gasteiger partial charge in [0.05, 0.1) is 18.3 Å². The van der Waals surface area contributed by atoms with E-state index in [0.717, 1.165) is 51.4 Å². The van der Waals surface area contributed by atoms with Gasteiger partial charge < -0.3 is 26.4 Å². The van der Waals surface area contributed by atoms with Gasteiger partial charge in [-0.25, -0.2) is 0 Å². The number of nitrogens with two attached hydrogens (primary N) is 1. The number of nitrogens with one attached hydrogen (secondary N) is 1. The van der Waals surface area contributed by atoms with Gasteiger partial charge in [-0.15, -0.1) is 0 Å². The van der Waals surface area contributed by atoms with Crippen LogP contribution >= 0.6 is 0 Å². The molecule has 0 aliphatic heterocycles. The van der Waals surface area contributed by atoms with Crippen LogP contribution in [0.5, 0.6) is 0 Å². The summed E-state index contributed by atoms with van der Waals surface area (Å²) < 4.78 is 0. The van der Waals surface area contributed by atoms with E-state index in [1.54, 1.807) is 24.3 Å². The number of hydrogen-bond donors (Lipinski definition) is 5. The van der Waals surface area contributed by atoms with E-state index in [-0.39, 0.29) is 52.6 Å². The van der Waals surface area contributed by atoms with Crippen LogP contribution in [0.25, 0.3) is 0 Å². The lowest BCUT2D eigenvalue weighted by Crippen LogP contribution is -2.62. The van der Waals surface area contributed by atoms with Crippen LogP contribution < -0.4 is 11.1 Å². The fraction of sp³-hybridized carbons (Fsp3) is 0.742. The predicted octanol–water partition coefficient (Wildman–Crippen LogP) is 4.10. The zero-order valence-corrected chi connectivity index (χ0v) is 23.1. The summed E-state index contributed by atoms with van der Waals surface area (Å²) in [5.41, 5.74) is 6.14. The Bertz CT molecular complexity index is 1050. The molecule has 0 aromatic heterocycles. The molecule has 4 aliphatic carbocycles. The molecule has 7 heteroatoms. The zero-order chi connectivity index (χ0) is 27.4. The molecule has 5 rings (SSSR count). The third kappa shape index (κ3) is 4.58. The first-order valence-electron chi connectivity index (χ1n) is 14.7. The molecule has 0 unspecified atom stereocenters. The first-order chi connectivity index (χ1) is 17.9. The van der Waals surface area contributed by atoms with Crippen molar-refractivity contribution in [2.75, 3.05) is 5.32 Å². The van der Waals surface area contributed by atoms with Gasteiger partial charge in [-0.2, -0.15) is 0 Å². The average Bonchev–Trinajstić information content (AvgIpc) is 3.23. The molecule has 4 saturated carbocycles. The maximum Gasteiger partial charge on any atom is 0.248 e. The van der Waals surface area contributed by atoms with Crippen molar-refractivity contribution in [2.45, 2.75) is 96.9 Å². The van der Waals surface area contributed by atoms with E-state index >= 15 is 0 Å². The Kier molecular flexibility index (Phi) is 7.42. The van der Waals surface area contributed by atoms with Crippen LogP contribution in [0.2, 0.25) is 0 Å². The van der Waals surface area contributed by atoms with Gasteiger partial charge in [0.2, 0.25) is 11.8 Å². The molecule has 0 bridgehead atoms. The molecule has 1 aromatic rings. The van der Waals surface area contributed by atoms with Gasteiger partial charge >= 0.3 is 0 Å². The van der Waals surface area contributed by atoms with E-state index < -0.39 is 12.0 Å². The molecule has 6 N–H and O–H groups in total. The van der Waals surface area contributed by atoms with Gasteiger partial charge in [0.25, 0.3) is 0 Å². The fourth-order valence-electron chi connectivity index (χ4n) is 9.63. The maximum atomic E-state index is 12.7. The number of carbonyl (C=O) groups is 2. The smallest absolute Gasteiger partial charge is 0.248 e. The lowest BCUT2D eigenvalue weighted by atomic mass is 9.43. The SMILES string of the molecule is C[C@H](CCC(=O)Nc1ccc(C(N)=O)cc1)[C@H]1CC[C@H]2[C@@H]3[C@H](O)C[C@@H]4C[C@H](O)CC[C@]4(C)[C@H]3C[C@H](O)[C@]12C. The topological polar surface area (TPSA) is 133 Å². The monoisotopic (exact) mass is 526 g/mol. The lowest BCUT2D eigenvalue weighted by Gasteiger charge is -2.63. The van der Waals surface area contributed by atoms with E-state index in [9.17, 15) is 24.9 Å². The lowest BCUT2D eigenvalue weighted by molar-refractivity contribution is -0.207. The molecule has 2 amide bonds. The Labute approximate surface area is 226 Å². The number of aliphatic hydroxyl groups is 3. The number of benzene rings is 1. The van der Waals surface area contributed by atoms with Gasteiger partial charge in [-0.1, -0.05) is 20.8 Å².